The summed E-state index contributed by atoms with van der Waals surface area (Å²) < 4.78 is 77.6. The second kappa shape index (κ2) is 9.42. The van der Waals surface area contributed by atoms with Gasteiger partial charge in [-0.1, -0.05) is 0 Å². The summed E-state index contributed by atoms with van der Waals surface area (Å²) in [6.45, 7) is 2.21. The zero-order chi connectivity index (χ0) is 25.5. The zero-order valence-corrected chi connectivity index (χ0v) is 18.9. The number of rotatable bonds is 5. The SMILES string of the molecule is CNC(c1cc(F)c(-c2nc3cc(C)ccn3c2CC2CN(C(=O)O)CCO2)c(F)c1)C(F)(F)F. The van der Waals surface area contributed by atoms with E-state index in [0.29, 0.717) is 23.5 Å². The van der Waals surface area contributed by atoms with Gasteiger partial charge in [0.15, 0.2) is 0 Å². The lowest BCUT2D eigenvalue weighted by molar-refractivity contribution is -0.156. The topological polar surface area (TPSA) is 79.1 Å². The number of amides is 1. The number of aryl methyl sites for hydroxylation is 1. The van der Waals surface area contributed by atoms with E-state index in [4.69, 9.17) is 4.74 Å². The molecule has 2 aromatic heterocycles. The average Bonchev–Trinajstić information content (AvgIpc) is 3.09. The number of nitrogens with zero attached hydrogens (tertiary/aromatic N) is 3. The summed E-state index contributed by atoms with van der Waals surface area (Å²) in [5.74, 6) is -2.38. The number of nitrogens with one attached hydrogen (secondary N) is 1. The number of aromatic nitrogens is 2. The first-order chi connectivity index (χ1) is 16.5. The molecule has 2 atom stereocenters. The van der Waals surface area contributed by atoms with Gasteiger partial charge in [-0.25, -0.2) is 18.6 Å². The van der Waals surface area contributed by atoms with Crippen LogP contribution in [0.2, 0.25) is 0 Å². The molecule has 188 valence electrons. The van der Waals surface area contributed by atoms with Gasteiger partial charge in [0.1, 0.15) is 23.3 Å². The molecule has 35 heavy (non-hydrogen) atoms. The largest absolute Gasteiger partial charge is 0.465 e. The normalized spacial score (nSPS) is 17.7. The summed E-state index contributed by atoms with van der Waals surface area (Å²) in [5.41, 5.74) is 0.322. The Morgan fingerprint density at radius 2 is 1.97 bits per heavy atom. The number of alkyl halides is 3. The first-order valence-corrected chi connectivity index (χ1v) is 10.8. The Labute approximate surface area is 197 Å². The van der Waals surface area contributed by atoms with Crippen molar-refractivity contribution >= 4 is 11.7 Å². The third-order valence-electron chi connectivity index (χ3n) is 5.96. The number of imidazole rings is 1. The number of fused-ring (bicyclic) bond motifs is 1. The number of hydrogen-bond acceptors (Lipinski definition) is 4. The number of ether oxygens (including phenoxy) is 1. The maximum absolute atomic E-state index is 15.2. The molecule has 1 amide bonds. The van der Waals surface area contributed by atoms with Crippen molar-refractivity contribution in [1.29, 1.82) is 0 Å². The van der Waals surface area contributed by atoms with E-state index >= 15 is 8.78 Å². The molecule has 7 nitrogen and oxygen atoms in total. The molecular formula is C23H23F5N4O3. The van der Waals surface area contributed by atoms with Gasteiger partial charge in [-0.15, -0.1) is 0 Å². The third-order valence-corrected chi connectivity index (χ3v) is 5.96. The maximum Gasteiger partial charge on any atom is 0.407 e. The van der Waals surface area contributed by atoms with Crippen molar-refractivity contribution < 1.29 is 36.6 Å². The standard InChI is InChI=1S/C23H23F5N4O3/c1-12-3-4-32-17(10-14-11-31(22(33)34)5-6-35-14)20(30-18(32)7-12)19-15(24)8-13(9-16(19)25)21(29-2)23(26,27)28/h3-4,7-9,14,21,29H,5-6,10-11H2,1-2H3,(H,33,34). The predicted molar refractivity (Wildman–Crippen MR) is 116 cm³/mol. The monoisotopic (exact) mass is 498 g/mol. The van der Waals surface area contributed by atoms with Gasteiger partial charge >= 0.3 is 12.3 Å². The van der Waals surface area contributed by atoms with Gasteiger partial charge in [0.25, 0.3) is 0 Å². The Hall–Kier alpha value is -3.25. The van der Waals surface area contributed by atoms with E-state index in [0.717, 1.165) is 12.6 Å². The van der Waals surface area contributed by atoms with Crippen molar-refractivity contribution in [3.63, 3.8) is 0 Å². The summed E-state index contributed by atoms with van der Waals surface area (Å²) >= 11 is 0. The number of benzene rings is 1. The van der Waals surface area contributed by atoms with Crippen molar-refractivity contribution in [3.8, 4) is 11.3 Å². The minimum Gasteiger partial charge on any atom is -0.465 e. The van der Waals surface area contributed by atoms with Crippen molar-refractivity contribution in [2.75, 3.05) is 26.7 Å². The highest BCUT2D eigenvalue weighted by atomic mass is 19.4. The van der Waals surface area contributed by atoms with Crippen LogP contribution in [0.1, 0.15) is 22.9 Å². The van der Waals surface area contributed by atoms with E-state index in [-0.39, 0.29) is 31.8 Å². The van der Waals surface area contributed by atoms with Crippen molar-refractivity contribution in [3.05, 3.63) is 58.9 Å². The molecule has 0 bridgehead atoms. The van der Waals surface area contributed by atoms with E-state index in [1.807, 2.05) is 12.2 Å². The zero-order valence-electron chi connectivity index (χ0n) is 18.9. The Morgan fingerprint density at radius 1 is 1.29 bits per heavy atom. The quantitative estimate of drug-likeness (QED) is 0.512. The summed E-state index contributed by atoms with van der Waals surface area (Å²) in [6.07, 6.45) is -4.73. The average molecular weight is 498 g/mol. The van der Waals surface area contributed by atoms with Crippen LogP contribution in [0.25, 0.3) is 16.9 Å². The van der Waals surface area contributed by atoms with E-state index in [1.54, 1.807) is 22.7 Å². The lowest BCUT2D eigenvalue weighted by Gasteiger charge is -2.31. The fourth-order valence-corrected chi connectivity index (χ4v) is 4.33. The van der Waals surface area contributed by atoms with E-state index in [1.165, 1.54) is 4.90 Å². The lowest BCUT2D eigenvalue weighted by Crippen LogP contribution is -2.45. The van der Waals surface area contributed by atoms with Crippen LogP contribution in [0.3, 0.4) is 0 Å². The molecule has 12 heteroatoms. The number of hydrogen-bond donors (Lipinski definition) is 2. The molecule has 0 aliphatic carbocycles. The van der Waals surface area contributed by atoms with Crippen molar-refractivity contribution in [1.82, 2.24) is 19.6 Å². The second-order valence-corrected chi connectivity index (χ2v) is 8.39. The fraction of sp³-hybridized carbons (Fsp3) is 0.391. The fourth-order valence-electron chi connectivity index (χ4n) is 4.33. The van der Waals surface area contributed by atoms with Crippen LogP contribution in [0.4, 0.5) is 26.7 Å². The molecule has 0 spiro atoms. The van der Waals surface area contributed by atoms with Gasteiger partial charge in [-0.2, -0.15) is 13.2 Å². The number of morpholine rings is 1. The highest BCUT2D eigenvalue weighted by molar-refractivity contribution is 5.69. The molecule has 0 saturated carbocycles. The number of halogens is 5. The van der Waals surface area contributed by atoms with Gasteiger partial charge in [-0.05, 0) is 49.4 Å². The van der Waals surface area contributed by atoms with Gasteiger partial charge in [0.05, 0.1) is 36.2 Å². The van der Waals surface area contributed by atoms with Crippen LogP contribution in [0.5, 0.6) is 0 Å². The van der Waals surface area contributed by atoms with Gasteiger partial charge < -0.3 is 24.5 Å². The molecule has 0 radical (unpaired) electrons. The van der Waals surface area contributed by atoms with Crippen LogP contribution in [0.15, 0.2) is 30.5 Å². The summed E-state index contributed by atoms with van der Waals surface area (Å²) in [4.78, 5) is 17.0. The molecule has 1 fully saturated rings. The molecule has 3 heterocycles. The molecule has 4 rings (SSSR count). The number of carboxylic acid groups (broad SMARTS) is 1. The first kappa shape index (κ1) is 24.9. The van der Waals surface area contributed by atoms with Gasteiger partial charge in [0, 0.05) is 19.2 Å². The molecule has 1 saturated heterocycles. The predicted octanol–water partition coefficient (Wildman–Crippen LogP) is 4.33. The van der Waals surface area contributed by atoms with E-state index in [9.17, 15) is 23.1 Å². The van der Waals surface area contributed by atoms with Crippen LogP contribution < -0.4 is 5.32 Å². The highest BCUT2D eigenvalue weighted by Crippen LogP contribution is 2.37. The van der Waals surface area contributed by atoms with Crippen LogP contribution in [-0.4, -0.2) is 64.5 Å². The molecular weight excluding hydrogens is 475 g/mol. The maximum atomic E-state index is 15.2. The summed E-state index contributed by atoms with van der Waals surface area (Å²) in [6, 6.07) is 2.51. The van der Waals surface area contributed by atoms with E-state index < -0.39 is 47.2 Å². The Balaban J connectivity index is 1.81. The smallest absolute Gasteiger partial charge is 0.407 e. The van der Waals surface area contributed by atoms with Crippen molar-refractivity contribution in [2.24, 2.45) is 0 Å². The molecule has 1 aliphatic rings. The van der Waals surface area contributed by atoms with Gasteiger partial charge in [0.2, 0.25) is 0 Å². The van der Waals surface area contributed by atoms with Crippen LogP contribution in [0, 0.1) is 18.6 Å². The second-order valence-electron chi connectivity index (χ2n) is 8.39. The summed E-state index contributed by atoms with van der Waals surface area (Å²) in [7, 11) is 1.05. The molecule has 1 aromatic carbocycles. The van der Waals surface area contributed by atoms with Crippen LogP contribution in [-0.2, 0) is 11.2 Å². The first-order valence-electron chi connectivity index (χ1n) is 10.8. The Bertz CT molecular complexity index is 1240. The Kier molecular flexibility index (Phi) is 6.69. The Morgan fingerprint density at radius 3 is 2.57 bits per heavy atom. The van der Waals surface area contributed by atoms with E-state index in [2.05, 4.69) is 4.98 Å². The molecule has 3 aromatic rings. The third kappa shape index (κ3) is 4.94. The lowest BCUT2D eigenvalue weighted by atomic mass is 9.99. The highest BCUT2D eigenvalue weighted by Gasteiger charge is 2.40. The molecule has 1 aliphatic heterocycles. The van der Waals surface area contributed by atoms with Crippen molar-refractivity contribution in [2.45, 2.75) is 31.7 Å². The summed E-state index contributed by atoms with van der Waals surface area (Å²) in [5, 5.41) is 11.3. The number of pyridine rings is 1. The molecule has 2 N–H and O–H groups in total. The number of carbonyl (C=O) groups is 1. The van der Waals surface area contributed by atoms with Gasteiger partial charge in [-0.3, -0.25) is 0 Å². The van der Waals surface area contributed by atoms with Crippen LogP contribution >= 0.6 is 0 Å². The minimum atomic E-state index is -4.75. The molecule has 2 unspecified atom stereocenters. The minimum absolute atomic E-state index is 0.0488.